The third kappa shape index (κ3) is 2.66. The third-order valence-corrected chi connectivity index (χ3v) is 2.14. The lowest BCUT2D eigenvalue weighted by atomic mass is 10.0. The molecule has 2 unspecified atom stereocenters. The molecule has 1 aliphatic rings. The molecule has 0 spiro atoms. The molecule has 0 aromatic rings. The quantitative estimate of drug-likeness (QED) is 0.347. The van der Waals surface area contributed by atoms with E-state index in [1.54, 1.807) is 0 Å². The molecule has 1 heterocycles. The van der Waals surface area contributed by atoms with Crippen LogP contribution in [0.4, 0.5) is 0 Å². The number of hydrogen-bond donors (Lipinski definition) is 0. The van der Waals surface area contributed by atoms with Gasteiger partial charge in [0.15, 0.2) is 18.7 Å². The summed E-state index contributed by atoms with van der Waals surface area (Å²) in [6.07, 6.45) is 5.78. The van der Waals surface area contributed by atoms with Gasteiger partial charge in [-0.2, -0.15) is 0 Å². The van der Waals surface area contributed by atoms with Crippen molar-refractivity contribution in [1.82, 2.24) is 0 Å². The molecule has 0 bridgehead atoms. The summed E-state index contributed by atoms with van der Waals surface area (Å²) in [5.74, 6) is 2.61. The molecule has 0 saturated carbocycles. The van der Waals surface area contributed by atoms with Crippen LogP contribution in [0.25, 0.3) is 0 Å². The van der Waals surface area contributed by atoms with Crippen molar-refractivity contribution in [2.24, 2.45) is 5.92 Å². The van der Waals surface area contributed by atoms with Gasteiger partial charge in [-0.05, 0) is 6.42 Å². The second-order valence-electron chi connectivity index (χ2n) is 3.04. The van der Waals surface area contributed by atoms with Gasteiger partial charge in [-0.1, -0.05) is 0 Å². The SMILES string of the molecule is C#CC1CCOC1COC(C=O)C=O. The first-order chi connectivity index (χ1) is 6.81. The molecular formula is C10H12O4. The lowest BCUT2D eigenvalue weighted by Gasteiger charge is -2.14. The van der Waals surface area contributed by atoms with Crippen molar-refractivity contribution in [3.63, 3.8) is 0 Å². The minimum Gasteiger partial charge on any atom is -0.374 e. The average molecular weight is 196 g/mol. The van der Waals surface area contributed by atoms with Crippen LogP contribution in [0, 0.1) is 18.3 Å². The van der Waals surface area contributed by atoms with Crippen molar-refractivity contribution in [1.29, 1.82) is 0 Å². The normalized spacial score (nSPS) is 26.0. The zero-order valence-electron chi connectivity index (χ0n) is 7.72. The predicted octanol–water partition coefficient (Wildman–Crippen LogP) is -0.192. The Balaban J connectivity index is 2.33. The summed E-state index contributed by atoms with van der Waals surface area (Å²) in [5, 5.41) is 0. The molecular weight excluding hydrogens is 184 g/mol. The molecule has 14 heavy (non-hydrogen) atoms. The van der Waals surface area contributed by atoms with Crippen LogP contribution < -0.4 is 0 Å². The van der Waals surface area contributed by atoms with Gasteiger partial charge >= 0.3 is 0 Å². The second-order valence-corrected chi connectivity index (χ2v) is 3.04. The van der Waals surface area contributed by atoms with Crippen LogP contribution in [0.2, 0.25) is 0 Å². The van der Waals surface area contributed by atoms with Crippen molar-refractivity contribution in [2.75, 3.05) is 13.2 Å². The highest BCUT2D eigenvalue weighted by molar-refractivity contribution is 5.80. The van der Waals surface area contributed by atoms with Gasteiger partial charge in [0.2, 0.25) is 0 Å². The molecule has 76 valence electrons. The van der Waals surface area contributed by atoms with Crippen molar-refractivity contribution in [2.45, 2.75) is 18.6 Å². The summed E-state index contributed by atoms with van der Waals surface area (Å²) in [5.41, 5.74) is 0. The van der Waals surface area contributed by atoms with Gasteiger partial charge in [-0.25, -0.2) is 0 Å². The molecule has 0 aromatic carbocycles. The first-order valence-electron chi connectivity index (χ1n) is 4.41. The summed E-state index contributed by atoms with van der Waals surface area (Å²) in [6.45, 7) is 0.798. The maximum atomic E-state index is 10.3. The number of terminal acetylenes is 1. The minimum absolute atomic E-state index is 0.0222. The van der Waals surface area contributed by atoms with Gasteiger partial charge in [0, 0.05) is 6.61 Å². The molecule has 4 nitrogen and oxygen atoms in total. The van der Waals surface area contributed by atoms with Crippen LogP contribution in [0.5, 0.6) is 0 Å². The van der Waals surface area contributed by atoms with Crippen LogP contribution in [0.15, 0.2) is 0 Å². The number of aldehydes is 2. The van der Waals surface area contributed by atoms with E-state index in [0.29, 0.717) is 19.2 Å². The van der Waals surface area contributed by atoms with E-state index in [1.165, 1.54) is 0 Å². The van der Waals surface area contributed by atoms with Crippen molar-refractivity contribution < 1.29 is 19.1 Å². The zero-order valence-corrected chi connectivity index (χ0v) is 7.72. The fourth-order valence-electron chi connectivity index (χ4n) is 1.32. The molecule has 1 aliphatic heterocycles. The number of hydrogen-bond acceptors (Lipinski definition) is 4. The smallest absolute Gasteiger partial charge is 0.168 e. The van der Waals surface area contributed by atoms with Crippen LogP contribution in [-0.4, -0.2) is 38.0 Å². The fourth-order valence-corrected chi connectivity index (χ4v) is 1.32. The van der Waals surface area contributed by atoms with Gasteiger partial charge in [0.25, 0.3) is 0 Å². The second kappa shape index (κ2) is 5.53. The highest BCUT2D eigenvalue weighted by Gasteiger charge is 2.27. The van der Waals surface area contributed by atoms with Gasteiger partial charge in [-0.15, -0.1) is 12.3 Å². The number of rotatable bonds is 5. The Morgan fingerprint density at radius 1 is 1.57 bits per heavy atom. The Morgan fingerprint density at radius 2 is 2.29 bits per heavy atom. The molecule has 1 fully saturated rings. The summed E-state index contributed by atoms with van der Waals surface area (Å²) < 4.78 is 10.3. The van der Waals surface area contributed by atoms with Crippen LogP contribution in [0.1, 0.15) is 6.42 Å². The maximum Gasteiger partial charge on any atom is 0.168 e. The van der Waals surface area contributed by atoms with E-state index < -0.39 is 6.10 Å². The topological polar surface area (TPSA) is 52.6 Å². The average Bonchev–Trinajstić information content (AvgIpc) is 2.67. The van der Waals surface area contributed by atoms with Crippen LogP contribution >= 0.6 is 0 Å². The number of carbonyl (C=O) groups excluding carboxylic acids is 2. The summed E-state index contributed by atoms with van der Waals surface area (Å²) >= 11 is 0. The van der Waals surface area contributed by atoms with E-state index in [2.05, 4.69) is 5.92 Å². The minimum atomic E-state index is -1.00. The highest BCUT2D eigenvalue weighted by Crippen LogP contribution is 2.20. The van der Waals surface area contributed by atoms with Crippen molar-refractivity contribution in [3.8, 4) is 12.3 Å². The lowest BCUT2D eigenvalue weighted by Crippen LogP contribution is -2.27. The molecule has 0 radical (unpaired) electrons. The van der Waals surface area contributed by atoms with Gasteiger partial charge in [-0.3, -0.25) is 9.59 Å². The van der Waals surface area contributed by atoms with Gasteiger partial charge in [0.1, 0.15) is 0 Å². The van der Waals surface area contributed by atoms with Crippen molar-refractivity contribution in [3.05, 3.63) is 0 Å². The molecule has 0 aromatic heterocycles. The Bertz CT molecular complexity index is 235. The third-order valence-electron chi connectivity index (χ3n) is 2.14. The Morgan fingerprint density at radius 3 is 2.86 bits per heavy atom. The Kier molecular flexibility index (Phi) is 4.30. The van der Waals surface area contributed by atoms with E-state index in [1.807, 2.05) is 0 Å². The monoisotopic (exact) mass is 196 g/mol. The molecule has 4 heteroatoms. The summed E-state index contributed by atoms with van der Waals surface area (Å²) in [6, 6.07) is 0. The Hall–Kier alpha value is -1.18. The lowest BCUT2D eigenvalue weighted by molar-refractivity contribution is -0.130. The van der Waals surface area contributed by atoms with E-state index >= 15 is 0 Å². The first-order valence-corrected chi connectivity index (χ1v) is 4.41. The number of ether oxygens (including phenoxy) is 2. The predicted molar refractivity (Wildman–Crippen MR) is 48.5 cm³/mol. The molecule has 0 aliphatic carbocycles. The van der Waals surface area contributed by atoms with E-state index in [4.69, 9.17) is 15.9 Å². The highest BCUT2D eigenvalue weighted by atomic mass is 16.5. The molecule has 0 N–H and O–H groups in total. The Labute approximate surface area is 82.6 Å². The fraction of sp³-hybridized carbons (Fsp3) is 0.600. The summed E-state index contributed by atoms with van der Waals surface area (Å²) in [7, 11) is 0. The molecule has 2 atom stereocenters. The van der Waals surface area contributed by atoms with Crippen LogP contribution in [0.3, 0.4) is 0 Å². The van der Waals surface area contributed by atoms with Gasteiger partial charge < -0.3 is 9.47 Å². The van der Waals surface area contributed by atoms with E-state index in [9.17, 15) is 9.59 Å². The molecule has 1 rings (SSSR count). The summed E-state index contributed by atoms with van der Waals surface area (Å²) in [4.78, 5) is 20.5. The molecule has 0 amide bonds. The van der Waals surface area contributed by atoms with Crippen molar-refractivity contribution >= 4 is 12.6 Å². The largest absolute Gasteiger partial charge is 0.374 e. The number of carbonyl (C=O) groups is 2. The standard InChI is InChI=1S/C10H12O4/c1-2-8-3-4-13-10(8)7-14-9(5-11)6-12/h1,5-6,8-10H,3-4,7H2. The van der Waals surface area contributed by atoms with Gasteiger partial charge in [0.05, 0.1) is 18.6 Å². The zero-order chi connectivity index (χ0) is 10.4. The van der Waals surface area contributed by atoms with E-state index in [-0.39, 0.29) is 18.6 Å². The van der Waals surface area contributed by atoms with E-state index in [0.717, 1.165) is 6.42 Å². The first kappa shape index (κ1) is 10.9. The molecule has 1 saturated heterocycles. The van der Waals surface area contributed by atoms with Crippen LogP contribution in [-0.2, 0) is 19.1 Å². The maximum absolute atomic E-state index is 10.3.